The highest BCUT2D eigenvalue weighted by Crippen LogP contribution is 1.90. The number of hydrogen-bond acceptors (Lipinski definition) is 10. The summed E-state index contributed by atoms with van der Waals surface area (Å²) in [6.45, 7) is 14.4. The Hall–Kier alpha value is -0.690. The third-order valence-corrected chi connectivity index (χ3v) is 4.20. The summed E-state index contributed by atoms with van der Waals surface area (Å²) >= 11 is 0. The normalized spacial score (nSPS) is 11.3. The topological polar surface area (TPSA) is 103 Å². The van der Waals surface area contributed by atoms with E-state index in [0.717, 1.165) is 13.1 Å². The molecule has 0 atom stereocenters. The first-order valence-electron chi connectivity index (χ1n) is 12.2. The van der Waals surface area contributed by atoms with Crippen molar-refractivity contribution in [2.24, 2.45) is 0 Å². The minimum atomic E-state index is 0.220. The molecule has 0 heterocycles. The van der Waals surface area contributed by atoms with E-state index in [1.54, 1.807) is 0 Å². The fourth-order valence-electron chi connectivity index (χ4n) is 2.33. The van der Waals surface area contributed by atoms with E-state index in [9.17, 15) is 4.79 Å². The van der Waals surface area contributed by atoms with Gasteiger partial charge in [0.25, 0.3) is 0 Å². The predicted molar refractivity (Wildman–Crippen MR) is 125 cm³/mol. The quantitative estimate of drug-likeness (QED) is 0.156. The Morgan fingerprint density at radius 3 is 1.09 bits per heavy atom. The van der Waals surface area contributed by atoms with E-state index in [4.69, 9.17) is 37.9 Å². The lowest BCUT2D eigenvalue weighted by Crippen LogP contribution is -2.20. The Morgan fingerprint density at radius 2 is 0.788 bits per heavy atom. The highest BCUT2D eigenvalue weighted by molar-refractivity contribution is 5.78. The standard InChI is InChI=1S/C23H47NO9/c1-3-23(25)5-7-26-9-11-28-13-15-30-17-19-32-21-22-33-20-18-31-16-14-29-12-10-27-8-6-24-4-2/h24H,3-22H2,1-2H3. The van der Waals surface area contributed by atoms with Crippen LogP contribution in [0.15, 0.2) is 0 Å². The zero-order valence-electron chi connectivity index (χ0n) is 20.8. The molecule has 0 saturated heterocycles. The highest BCUT2D eigenvalue weighted by atomic mass is 16.6. The van der Waals surface area contributed by atoms with Crippen LogP contribution in [-0.2, 0) is 42.7 Å². The van der Waals surface area contributed by atoms with Gasteiger partial charge in [-0.05, 0) is 6.54 Å². The minimum Gasteiger partial charge on any atom is -0.379 e. The maximum Gasteiger partial charge on any atom is 0.134 e. The molecule has 1 N–H and O–H groups in total. The van der Waals surface area contributed by atoms with Crippen LogP contribution in [-0.4, -0.2) is 125 Å². The fraction of sp³-hybridized carbons (Fsp3) is 0.957. The number of nitrogens with one attached hydrogen (secondary N) is 1. The molecule has 0 saturated carbocycles. The number of ether oxygens (including phenoxy) is 8. The molecule has 0 aliphatic heterocycles. The lowest BCUT2D eigenvalue weighted by Gasteiger charge is -2.08. The Bertz CT molecular complexity index is 389. The van der Waals surface area contributed by atoms with Gasteiger partial charge in [-0.2, -0.15) is 0 Å². The number of carbonyl (C=O) groups is 1. The van der Waals surface area contributed by atoms with Gasteiger partial charge in [0.05, 0.1) is 106 Å². The summed E-state index contributed by atoms with van der Waals surface area (Å²) in [5.41, 5.74) is 0. The van der Waals surface area contributed by atoms with E-state index >= 15 is 0 Å². The zero-order chi connectivity index (χ0) is 24.1. The van der Waals surface area contributed by atoms with Gasteiger partial charge >= 0.3 is 0 Å². The van der Waals surface area contributed by atoms with Gasteiger partial charge in [-0.15, -0.1) is 0 Å². The smallest absolute Gasteiger partial charge is 0.134 e. The van der Waals surface area contributed by atoms with Crippen molar-refractivity contribution in [1.29, 1.82) is 0 Å². The van der Waals surface area contributed by atoms with Crippen LogP contribution < -0.4 is 5.32 Å². The molecule has 0 radical (unpaired) electrons. The van der Waals surface area contributed by atoms with Crippen molar-refractivity contribution >= 4 is 5.78 Å². The molecule has 0 spiro atoms. The van der Waals surface area contributed by atoms with Gasteiger partial charge in [-0.3, -0.25) is 4.79 Å². The molecule has 0 aromatic rings. The lowest BCUT2D eigenvalue weighted by molar-refractivity contribution is -0.120. The van der Waals surface area contributed by atoms with E-state index in [2.05, 4.69) is 12.2 Å². The first-order chi connectivity index (χ1) is 16.3. The van der Waals surface area contributed by atoms with Gasteiger partial charge in [0, 0.05) is 19.4 Å². The van der Waals surface area contributed by atoms with E-state index in [-0.39, 0.29) is 5.78 Å². The Kier molecular flexibility index (Phi) is 28.7. The molecule has 33 heavy (non-hydrogen) atoms. The van der Waals surface area contributed by atoms with Crippen molar-refractivity contribution in [2.45, 2.75) is 26.7 Å². The van der Waals surface area contributed by atoms with Crippen molar-refractivity contribution in [2.75, 3.05) is 119 Å². The van der Waals surface area contributed by atoms with Gasteiger partial charge in [-0.25, -0.2) is 0 Å². The number of carbonyl (C=O) groups excluding carboxylic acids is 1. The summed E-state index contributed by atoms with van der Waals surface area (Å²) in [7, 11) is 0. The Balaban J connectivity index is 3.02. The second-order valence-electron chi connectivity index (χ2n) is 6.89. The van der Waals surface area contributed by atoms with Crippen molar-refractivity contribution < 1.29 is 42.7 Å². The zero-order valence-corrected chi connectivity index (χ0v) is 20.8. The van der Waals surface area contributed by atoms with E-state index < -0.39 is 0 Å². The second kappa shape index (κ2) is 29.3. The van der Waals surface area contributed by atoms with Crippen LogP contribution in [0, 0.1) is 0 Å². The van der Waals surface area contributed by atoms with Crippen molar-refractivity contribution in [3.8, 4) is 0 Å². The summed E-state index contributed by atoms with van der Waals surface area (Å²) < 4.78 is 43.2. The van der Waals surface area contributed by atoms with Gasteiger partial charge in [-0.1, -0.05) is 13.8 Å². The van der Waals surface area contributed by atoms with Gasteiger partial charge < -0.3 is 43.2 Å². The SMILES string of the molecule is CCNCCOCCOCCOCCOCCOCCOCCOCCOCCC(=O)CC. The summed E-state index contributed by atoms with van der Waals surface area (Å²) in [6, 6.07) is 0. The second-order valence-corrected chi connectivity index (χ2v) is 6.89. The molecular weight excluding hydrogens is 434 g/mol. The predicted octanol–water partition coefficient (Wildman–Crippen LogP) is 1.10. The van der Waals surface area contributed by atoms with Crippen molar-refractivity contribution in [3.05, 3.63) is 0 Å². The van der Waals surface area contributed by atoms with Crippen LogP contribution >= 0.6 is 0 Å². The Labute approximate surface area is 199 Å². The molecule has 0 rings (SSSR count). The van der Waals surface area contributed by atoms with Crippen molar-refractivity contribution in [3.63, 3.8) is 0 Å². The van der Waals surface area contributed by atoms with Crippen LogP contribution in [0.5, 0.6) is 0 Å². The Morgan fingerprint density at radius 1 is 0.485 bits per heavy atom. The number of ketones is 1. The molecule has 10 nitrogen and oxygen atoms in total. The maximum absolute atomic E-state index is 11.1. The van der Waals surface area contributed by atoms with Gasteiger partial charge in [0.15, 0.2) is 0 Å². The van der Waals surface area contributed by atoms with Gasteiger partial charge in [0.1, 0.15) is 5.78 Å². The van der Waals surface area contributed by atoms with Gasteiger partial charge in [0.2, 0.25) is 0 Å². The van der Waals surface area contributed by atoms with E-state index in [0.29, 0.717) is 119 Å². The summed E-state index contributed by atoms with van der Waals surface area (Å²) in [5, 5.41) is 3.19. The van der Waals surface area contributed by atoms with E-state index in [1.807, 2.05) is 6.92 Å². The number of hydrogen-bond donors (Lipinski definition) is 1. The summed E-state index contributed by atoms with van der Waals surface area (Å²) in [5.74, 6) is 0.220. The van der Waals surface area contributed by atoms with Crippen LogP contribution in [0.1, 0.15) is 26.7 Å². The molecule has 0 aliphatic carbocycles. The molecule has 198 valence electrons. The molecule has 10 heteroatoms. The average Bonchev–Trinajstić information content (AvgIpc) is 2.83. The maximum atomic E-state index is 11.1. The average molecular weight is 482 g/mol. The largest absolute Gasteiger partial charge is 0.379 e. The van der Waals surface area contributed by atoms with Crippen LogP contribution in [0.2, 0.25) is 0 Å². The molecular formula is C23H47NO9. The number of likely N-dealkylation sites (N-methyl/N-ethyl adjacent to an activating group) is 1. The molecule has 0 fully saturated rings. The first-order valence-corrected chi connectivity index (χ1v) is 12.2. The number of Topliss-reactive ketones (excluding diaryl/α,β-unsaturated/α-hetero) is 1. The summed E-state index contributed by atoms with van der Waals surface area (Å²) in [6.07, 6.45) is 1.04. The van der Waals surface area contributed by atoms with Crippen LogP contribution in [0.3, 0.4) is 0 Å². The van der Waals surface area contributed by atoms with E-state index in [1.165, 1.54) is 0 Å². The van der Waals surface area contributed by atoms with Crippen LogP contribution in [0.25, 0.3) is 0 Å². The third kappa shape index (κ3) is 29.3. The molecule has 0 aliphatic rings. The van der Waals surface area contributed by atoms with Crippen LogP contribution in [0.4, 0.5) is 0 Å². The number of rotatable bonds is 29. The lowest BCUT2D eigenvalue weighted by atomic mass is 10.2. The monoisotopic (exact) mass is 481 g/mol. The summed E-state index contributed by atoms with van der Waals surface area (Å²) in [4.78, 5) is 11.1. The highest BCUT2D eigenvalue weighted by Gasteiger charge is 1.98. The molecule has 0 aromatic heterocycles. The molecule has 0 unspecified atom stereocenters. The molecule has 0 bridgehead atoms. The van der Waals surface area contributed by atoms with Crippen molar-refractivity contribution in [1.82, 2.24) is 5.32 Å². The fourth-order valence-corrected chi connectivity index (χ4v) is 2.33. The third-order valence-electron chi connectivity index (χ3n) is 4.20. The minimum absolute atomic E-state index is 0.220. The molecule has 0 amide bonds. The first kappa shape index (κ1) is 32.3. The molecule has 0 aromatic carbocycles.